The summed E-state index contributed by atoms with van der Waals surface area (Å²) in [5.74, 6) is 1.17. The van der Waals surface area contributed by atoms with Crippen LogP contribution in [0, 0.1) is 6.92 Å². The highest BCUT2D eigenvalue weighted by atomic mass is 16.3. The Labute approximate surface area is 88.5 Å². The molecule has 82 valence electrons. The molecule has 1 nitrogen and oxygen atoms in total. The molecule has 0 atom stereocenters. The first kappa shape index (κ1) is 13.3. The van der Waals surface area contributed by atoms with E-state index in [2.05, 4.69) is 27.7 Å². The topological polar surface area (TPSA) is 13.1 Å². The Morgan fingerprint density at radius 1 is 1.14 bits per heavy atom. The van der Waals surface area contributed by atoms with Crippen molar-refractivity contribution in [3.63, 3.8) is 0 Å². The predicted octanol–water partition coefficient (Wildman–Crippen LogP) is 4.74. The highest BCUT2D eigenvalue weighted by Gasteiger charge is 1.99. The summed E-state index contributed by atoms with van der Waals surface area (Å²) in [6, 6.07) is 2.03. The molecule has 1 rings (SSSR count). The van der Waals surface area contributed by atoms with Crippen LogP contribution in [0.25, 0.3) is 0 Å². The molecule has 0 saturated heterocycles. The van der Waals surface area contributed by atoms with Gasteiger partial charge < -0.3 is 4.42 Å². The van der Waals surface area contributed by atoms with E-state index in [1.807, 2.05) is 6.07 Å². The average Bonchev–Trinajstić information content (AvgIpc) is 2.54. The maximum absolute atomic E-state index is 5.31. The van der Waals surface area contributed by atoms with Crippen molar-refractivity contribution in [2.24, 2.45) is 0 Å². The monoisotopic (exact) mass is 196 g/mol. The number of furan rings is 1. The quantitative estimate of drug-likeness (QED) is 0.634. The molecule has 1 heteroatoms. The SMILES string of the molecule is CCC.CCCCCc1occc1C. The fourth-order valence-electron chi connectivity index (χ4n) is 1.20. The second-order valence-corrected chi connectivity index (χ2v) is 3.69. The summed E-state index contributed by atoms with van der Waals surface area (Å²) in [4.78, 5) is 0. The average molecular weight is 196 g/mol. The highest BCUT2D eigenvalue weighted by molar-refractivity contribution is 5.14. The Kier molecular flexibility index (Phi) is 8.40. The largest absolute Gasteiger partial charge is 0.469 e. The lowest BCUT2D eigenvalue weighted by Gasteiger charge is -1.96. The third kappa shape index (κ3) is 5.85. The lowest BCUT2D eigenvalue weighted by molar-refractivity contribution is 0.494. The van der Waals surface area contributed by atoms with Crippen molar-refractivity contribution in [3.05, 3.63) is 23.7 Å². The molecule has 0 aliphatic carbocycles. The summed E-state index contributed by atoms with van der Waals surface area (Å²) in [5.41, 5.74) is 1.29. The van der Waals surface area contributed by atoms with Gasteiger partial charge >= 0.3 is 0 Å². The summed E-state index contributed by atoms with van der Waals surface area (Å²) in [6.07, 6.45) is 7.97. The van der Waals surface area contributed by atoms with Crippen LogP contribution in [0.1, 0.15) is 57.8 Å². The lowest BCUT2D eigenvalue weighted by atomic mass is 10.1. The third-order valence-electron chi connectivity index (χ3n) is 1.98. The molecule has 0 N–H and O–H groups in total. The smallest absolute Gasteiger partial charge is 0.106 e. The van der Waals surface area contributed by atoms with Crippen molar-refractivity contribution in [3.8, 4) is 0 Å². The summed E-state index contributed by atoms with van der Waals surface area (Å²) in [6.45, 7) is 8.57. The standard InChI is InChI=1S/C10H16O.C3H8/c1-3-4-5-6-10-9(2)7-8-11-10;1-3-2/h7-8H,3-6H2,1-2H3;3H2,1-2H3. The zero-order valence-corrected chi connectivity index (χ0v) is 10.1. The zero-order valence-electron chi connectivity index (χ0n) is 10.1. The van der Waals surface area contributed by atoms with E-state index in [4.69, 9.17) is 4.42 Å². The van der Waals surface area contributed by atoms with Crippen LogP contribution in [0.5, 0.6) is 0 Å². The van der Waals surface area contributed by atoms with Crippen LogP contribution in [0.4, 0.5) is 0 Å². The van der Waals surface area contributed by atoms with E-state index in [-0.39, 0.29) is 0 Å². The molecule has 0 bridgehead atoms. The molecule has 14 heavy (non-hydrogen) atoms. The molecule has 1 heterocycles. The first-order chi connectivity index (χ1) is 6.76. The molecule has 0 radical (unpaired) electrons. The van der Waals surface area contributed by atoms with E-state index >= 15 is 0 Å². The van der Waals surface area contributed by atoms with E-state index in [9.17, 15) is 0 Å². The maximum atomic E-state index is 5.31. The number of rotatable bonds is 4. The van der Waals surface area contributed by atoms with Gasteiger partial charge in [0.05, 0.1) is 6.26 Å². The Hall–Kier alpha value is -0.720. The van der Waals surface area contributed by atoms with E-state index in [1.54, 1.807) is 6.26 Å². The van der Waals surface area contributed by atoms with Gasteiger partial charge in [0.2, 0.25) is 0 Å². The second-order valence-electron chi connectivity index (χ2n) is 3.69. The highest BCUT2D eigenvalue weighted by Crippen LogP contribution is 2.12. The van der Waals surface area contributed by atoms with E-state index in [0.29, 0.717) is 0 Å². The van der Waals surface area contributed by atoms with Crippen molar-refractivity contribution >= 4 is 0 Å². The zero-order chi connectivity index (χ0) is 10.8. The van der Waals surface area contributed by atoms with Crippen molar-refractivity contribution in [1.29, 1.82) is 0 Å². The van der Waals surface area contributed by atoms with Crippen LogP contribution in [0.3, 0.4) is 0 Å². The fourth-order valence-corrected chi connectivity index (χ4v) is 1.20. The molecule has 0 amide bonds. The van der Waals surface area contributed by atoms with Crippen molar-refractivity contribution in [2.45, 2.75) is 59.8 Å². The number of aryl methyl sites for hydroxylation is 2. The van der Waals surface area contributed by atoms with Gasteiger partial charge in [-0.05, 0) is 25.0 Å². The summed E-state index contributed by atoms with van der Waals surface area (Å²) in [5, 5.41) is 0. The van der Waals surface area contributed by atoms with Crippen LogP contribution in [-0.2, 0) is 6.42 Å². The van der Waals surface area contributed by atoms with Crippen LogP contribution in [0.15, 0.2) is 16.7 Å². The summed E-state index contributed by atoms with van der Waals surface area (Å²) < 4.78 is 5.31. The molecule has 0 spiro atoms. The molecule has 0 aliphatic heterocycles. The molecular formula is C13H24O. The number of hydrogen-bond acceptors (Lipinski definition) is 1. The lowest BCUT2D eigenvalue weighted by Crippen LogP contribution is -1.84. The predicted molar refractivity (Wildman–Crippen MR) is 62.6 cm³/mol. The van der Waals surface area contributed by atoms with Gasteiger partial charge in [0.25, 0.3) is 0 Å². The van der Waals surface area contributed by atoms with Crippen molar-refractivity contribution in [2.75, 3.05) is 0 Å². The maximum Gasteiger partial charge on any atom is 0.106 e. The van der Waals surface area contributed by atoms with Gasteiger partial charge in [-0.1, -0.05) is 40.0 Å². The Morgan fingerprint density at radius 3 is 2.21 bits per heavy atom. The molecular weight excluding hydrogens is 172 g/mol. The second kappa shape index (κ2) is 8.86. The molecule has 0 unspecified atom stereocenters. The molecule has 0 saturated carbocycles. The van der Waals surface area contributed by atoms with Gasteiger partial charge in [-0.3, -0.25) is 0 Å². The molecule has 1 aromatic rings. The Balaban J connectivity index is 0.000000500. The first-order valence-electron chi connectivity index (χ1n) is 5.79. The van der Waals surface area contributed by atoms with Gasteiger partial charge in [0.1, 0.15) is 5.76 Å². The van der Waals surface area contributed by atoms with Crippen LogP contribution >= 0.6 is 0 Å². The third-order valence-corrected chi connectivity index (χ3v) is 1.98. The van der Waals surface area contributed by atoms with E-state index < -0.39 is 0 Å². The van der Waals surface area contributed by atoms with Gasteiger partial charge in [-0.15, -0.1) is 0 Å². The summed E-state index contributed by atoms with van der Waals surface area (Å²) in [7, 11) is 0. The van der Waals surface area contributed by atoms with Crippen LogP contribution in [0.2, 0.25) is 0 Å². The van der Waals surface area contributed by atoms with Gasteiger partial charge in [-0.2, -0.15) is 0 Å². The molecule has 0 fully saturated rings. The van der Waals surface area contributed by atoms with Gasteiger partial charge in [-0.25, -0.2) is 0 Å². The minimum atomic E-state index is 1.10. The normalized spacial score (nSPS) is 9.43. The van der Waals surface area contributed by atoms with E-state index in [1.165, 1.54) is 37.0 Å². The molecule has 0 aliphatic rings. The molecule has 0 aromatic carbocycles. The fraction of sp³-hybridized carbons (Fsp3) is 0.692. The van der Waals surface area contributed by atoms with Crippen molar-refractivity contribution in [1.82, 2.24) is 0 Å². The number of hydrogen-bond donors (Lipinski definition) is 0. The van der Waals surface area contributed by atoms with Crippen LogP contribution in [-0.4, -0.2) is 0 Å². The summed E-state index contributed by atoms with van der Waals surface area (Å²) >= 11 is 0. The van der Waals surface area contributed by atoms with Gasteiger partial charge in [0, 0.05) is 6.42 Å². The first-order valence-corrected chi connectivity index (χ1v) is 5.79. The minimum absolute atomic E-state index is 1.10. The minimum Gasteiger partial charge on any atom is -0.469 e. The van der Waals surface area contributed by atoms with Crippen molar-refractivity contribution < 1.29 is 4.42 Å². The Morgan fingerprint density at radius 2 is 1.79 bits per heavy atom. The number of unbranched alkanes of at least 4 members (excludes halogenated alkanes) is 2. The van der Waals surface area contributed by atoms with Crippen LogP contribution < -0.4 is 0 Å². The van der Waals surface area contributed by atoms with Gasteiger partial charge in [0.15, 0.2) is 0 Å². The Bertz CT molecular complexity index is 213. The molecule has 1 aromatic heterocycles. The van der Waals surface area contributed by atoms with E-state index in [0.717, 1.165) is 6.42 Å².